The van der Waals surface area contributed by atoms with Crippen molar-refractivity contribution in [3.05, 3.63) is 88.4 Å². The minimum atomic E-state index is -3.64. The Morgan fingerprint density at radius 1 is 1.00 bits per heavy atom. The van der Waals surface area contributed by atoms with Gasteiger partial charge in [-0.2, -0.15) is 0 Å². The molecule has 1 saturated heterocycles. The van der Waals surface area contributed by atoms with Gasteiger partial charge in [0.1, 0.15) is 11.5 Å². The highest BCUT2D eigenvalue weighted by molar-refractivity contribution is 7.88. The summed E-state index contributed by atoms with van der Waals surface area (Å²) in [6.45, 7) is 0.511. The van der Waals surface area contributed by atoms with Crippen LogP contribution in [0.4, 0.5) is 5.69 Å². The van der Waals surface area contributed by atoms with Crippen molar-refractivity contribution in [1.29, 1.82) is 0 Å². The van der Waals surface area contributed by atoms with E-state index in [4.69, 9.17) is 27.9 Å². The number of sulfonamides is 1. The molecule has 0 spiro atoms. The third-order valence-corrected chi connectivity index (χ3v) is 7.98. The van der Waals surface area contributed by atoms with E-state index >= 15 is 0 Å². The van der Waals surface area contributed by atoms with E-state index in [-0.39, 0.29) is 18.2 Å². The Bertz CT molecular complexity index is 1250. The summed E-state index contributed by atoms with van der Waals surface area (Å²) in [6, 6.07) is 21.2. The number of para-hydroxylation sites is 1. The Morgan fingerprint density at radius 3 is 2.41 bits per heavy atom. The molecule has 1 heterocycles. The van der Waals surface area contributed by atoms with Crippen LogP contribution in [0.5, 0.6) is 11.5 Å². The van der Waals surface area contributed by atoms with Gasteiger partial charge in [0.15, 0.2) is 0 Å². The first kappa shape index (κ1) is 24.5. The SMILES string of the molecule is O=C(Nc1ccc(Oc2ccccc2)cc1)C1CCCN(S(=O)(=O)Cc2ccc(Cl)cc2Cl)C1. The van der Waals surface area contributed by atoms with Gasteiger partial charge in [-0.15, -0.1) is 0 Å². The minimum Gasteiger partial charge on any atom is -0.457 e. The van der Waals surface area contributed by atoms with Crippen molar-refractivity contribution in [3.63, 3.8) is 0 Å². The number of carbonyl (C=O) groups is 1. The van der Waals surface area contributed by atoms with Crippen LogP contribution in [-0.4, -0.2) is 31.7 Å². The standard InChI is InChI=1S/C25H24Cl2N2O4S/c26-20-9-8-19(24(27)15-20)17-34(31,32)29-14-4-5-18(16-29)25(30)28-21-10-12-23(13-11-21)33-22-6-2-1-3-7-22/h1-3,6-13,15,18H,4-5,14,16-17H2,(H,28,30). The number of nitrogens with zero attached hydrogens (tertiary/aromatic N) is 1. The average Bonchev–Trinajstić information content (AvgIpc) is 2.83. The molecule has 0 saturated carbocycles. The van der Waals surface area contributed by atoms with Crippen molar-refractivity contribution >= 4 is 44.8 Å². The Hall–Kier alpha value is -2.58. The lowest BCUT2D eigenvalue weighted by Crippen LogP contribution is -2.44. The van der Waals surface area contributed by atoms with Gasteiger partial charge in [0.05, 0.1) is 11.7 Å². The number of hydrogen-bond donors (Lipinski definition) is 1. The monoisotopic (exact) mass is 518 g/mol. The number of amides is 1. The van der Waals surface area contributed by atoms with Crippen LogP contribution in [-0.2, 0) is 20.6 Å². The Labute approximate surface area is 209 Å². The number of piperidine rings is 1. The zero-order valence-corrected chi connectivity index (χ0v) is 20.6. The second kappa shape index (κ2) is 10.8. The van der Waals surface area contributed by atoms with Gasteiger partial charge >= 0.3 is 0 Å². The maximum Gasteiger partial charge on any atom is 0.228 e. The largest absolute Gasteiger partial charge is 0.457 e. The van der Waals surface area contributed by atoms with E-state index in [1.807, 2.05) is 30.3 Å². The average molecular weight is 519 g/mol. The quantitative estimate of drug-likeness (QED) is 0.418. The van der Waals surface area contributed by atoms with Crippen LogP contribution in [0.2, 0.25) is 10.0 Å². The molecular weight excluding hydrogens is 495 g/mol. The molecule has 6 nitrogen and oxygen atoms in total. The fourth-order valence-electron chi connectivity index (χ4n) is 3.81. The first-order valence-electron chi connectivity index (χ1n) is 10.9. The van der Waals surface area contributed by atoms with Crippen molar-refractivity contribution in [2.45, 2.75) is 18.6 Å². The normalized spacial score (nSPS) is 16.7. The lowest BCUT2D eigenvalue weighted by Gasteiger charge is -2.31. The first-order valence-corrected chi connectivity index (χ1v) is 13.2. The number of benzene rings is 3. The smallest absolute Gasteiger partial charge is 0.228 e. The van der Waals surface area contributed by atoms with E-state index in [0.717, 1.165) is 5.75 Å². The van der Waals surface area contributed by atoms with Crippen LogP contribution >= 0.6 is 23.2 Å². The summed E-state index contributed by atoms with van der Waals surface area (Å²) in [5.41, 5.74) is 1.11. The van der Waals surface area contributed by atoms with Crippen molar-refractivity contribution < 1.29 is 17.9 Å². The van der Waals surface area contributed by atoms with Crippen molar-refractivity contribution in [2.24, 2.45) is 5.92 Å². The molecule has 0 bridgehead atoms. The van der Waals surface area contributed by atoms with Crippen molar-refractivity contribution in [2.75, 3.05) is 18.4 Å². The zero-order chi connectivity index (χ0) is 24.1. The van der Waals surface area contributed by atoms with E-state index in [9.17, 15) is 13.2 Å². The van der Waals surface area contributed by atoms with Gasteiger partial charge in [0.2, 0.25) is 15.9 Å². The summed E-state index contributed by atoms with van der Waals surface area (Å²) in [6.07, 6.45) is 1.23. The summed E-state index contributed by atoms with van der Waals surface area (Å²) in [5.74, 6) is 0.494. The molecule has 3 aromatic rings. The summed E-state index contributed by atoms with van der Waals surface area (Å²) in [4.78, 5) is 12.9. The number of hydrogen-bond acceptors (Lipinski definition) is 4. The van der Waals surface area contributed by atoms with Gasteiger partial charge in [-0.1, -0.05) is 47.5 Å². The second-order valence-corrected chi connectivity index (χ2v) is 10.9. The zero-order valence-electron chi connectivity index (χ0n) is 18.3. The van der Waals surface area contributed by atoms with Crippen LogP contribution in [0, 0.1) is 5.92 Å². The number of anilines is 1. The first-order chi connectivity index (χ1) is 16.3. The molecular formula is C25H24Cl2N2O4S. The number of rotatable bonds is 7. The molecule has 0 aliphatic carbocycles. The maximum absolute atomic E-state index is 13.0. The maximum atomic E-state index is 13.0. The number of carbonyl (C=O) groups excluding carboxylic acids is 1. The Morgan fingerprint density at radius 2 is 1.71 bits per heavy atom. The highest BCUT2D eigenvalue weighted by Gasteiger charge is 2.32. The molecule has 0 aromatic heterocycles. The fraction of sp³-hybridized carbons (Fsp3) is 0.240. The van der Waals surface area contributed by atoms with Gasteiger partial charge in [-0.05, 0) is 66.9 Å². The molecule has 4 rings (SSSR count). The molecule has 34 heavy (non-hydrogen) atoms. The lowest BCUT2D eigenvalue weighted by atomic mass is 9.99. The molecule has 1 amide bonds. The lowest BCUT2D eigenvalue weighted by molar-refractivity contribution is -0.120. The van der Waals surface area contributed by atoms with Crippen LogP contribution in [0.15, 0.2) is 72.8 Å². The molecule has 3 aromatic carbocycles. The van der Waals surface area contributed by atoms with Gasteiger partial charge in [-0.3, -0.25) is 4.79 Å². The summed E-state index contributed by atoms with van der Waals surface area (Å²) < 4.78 is 33.1. The van der Waals surface area contributed by atoms with Crippen LogP contribution in [0.25, 0.3) is 0 Å². The molecule has 1 aliphatic heterocycles. The third-order valence-electron chi connectivity index (χ3n) is 5.60. The van der Waals surface area contributed by atoms with Crippen molar-refractivity contribution in [1.82, 2.24) is 4.31 Å². The molecule has 1 fully saturated rings. The fourth-order valence-corrected chi connectivity index (χ4v) is 6.01. The minimum absolute atomic E-state index is 0.134. The molecule has 178 valence electrons. The van der Waals surface area contributed by atoms with E-state index in [1.165, 1.54) is 10.4 Å². The predicted octanol–water partition coefficient (Wildman–Crippen LogP) is 5.97. The van der Waals surface area contributed by atoms with E-state index in [0.29, 0.717) is 46.4 Å². The summed E-state index contributed by atoms with van der Waals surface area (Å²) >= 11 is 12.1. The van der Waals surface area contributed by atoms with E-state index in [2.05, 4.69) is 5.32 Å². The third kappa shape index (κ3) is 6.30. The van der Waals surface area contributed by atoms with Crippen LogP contribution in [0.3, 0.4) is 0 Å². The molecule has 1 aliphatic rings. The predicted molar refractivity (Wildman–Crippen MR) is 135 cm³/mol. The number of halogens is 2. The van der Waals surface area contributed by atoms with Crippen LogP contribution in [0.1, 0.15) is 18.4 Å². The van der Waals surface area contributed by atoms with Gasteiger partial charge < -0.3 is 10.1 Å². The highest BCUT2D eigenvalue weighted by atomic mass is 35.5. The number of ether oxygens (including phenoxy) is 1. The Kier molecular flexibility index (Phi) is 7.78. The second-order valence-electron chi connectivity index (χ2n) is 8.12. The summed E-state index contributed by atoms with van der Waals surface area (Å²) in [5, 5.41) is 3.64. The van der Waals surface area contributed by atoms with E-state index in [1.54, 1.807) is 36.4 Å². The molecule has 9 heteroatoms. The Balaban J connectivity index is 1.36. The van der Waals surface area contributed by atoms with Gasteiger partial charge in [0, 0.05) is 28.8 Å². The summed E-state index contributed by atoms with van der Waals surface area (Å²) in [7, 11) is -3.64. The molecule has 1 unspecified atom stereocenters. The molecule has 1 N–H and O–H groups in total. The van der Waals surface area contributed by atoms with E-state index < -0.39 is 15.9 Å². The highest BCUT2D eigenvalue weighted by Crippen LogP contribution is 2.27. The van der Waals surface area contributed by atoms with Crippen molar-refractivity contribution in [3.8, 4) is 11.5 Å². The molecule has 1 atom stereocenters. The van der Waals surface area contributed by atoms with Gasteiger partial charge in [0.25, 0.3) is 0 Å². The topological polar surface area (TPSA) is 75.7 Å². The number of nitrogens with one attached hydrogen (secondary N) is 1. The molecule has 0 radical (unpaired) electrons. The van der Waals surface area contributed by atoms with Gasteiger partial charge in [-0.25, -0.2) is 12.7 Å². The van der Waals surface area contributed by atoms with Crippen LogP contribution < -0.4 is 10.1 Å².